The fourth-order valence-corrected chi connectivity index (χ4v) is 2.92. The third-order valence-corrected chi connectivity index (χ3v) is 4.35. The molecule has 0 saturated heterocycles. The third-order valence-electron chi connectivity index (χ3n) is 3.51. The largest absolute Gasteiger partial charge is 0.493 e. The maximum absolute atomic E-state index is 12.2. The molecule has 0 aliphatic rings. The maximum Gasteiger partial charge on any atom is 0.349 e. The van der Waals surface area contributed by atoms with E-state index < -0.39 is 5.97 Å². The predicted octanol–water partition coefficient (Wildman–Crippen LogP) is 4.32. The van der Waals surface area contributed by atoms with E-state index in [0.717, 1.165) is 4.88 Å². The first-order chi connectivity index (χ1) is 12.6. The summed E-state index contributed by atoms with van der Waals surface area (Å²) < 4.78 is 15.6. The Balaban J connectivity index is 2.60. The summed E-state index contributed by atoms with van der Waals surface area (Å²) in [4.78, 5) is 13.2. The molecule has 0 unspecified atom stereocenters. The van der Waals surface area contributed by atoms with Crippen LogP contribution in [0.4, 0.5) is 0 Å². The van der Waals surface area contributed by atoms with E-state index in [9.17, 15) is 10.1 Å². The SMILES string of the molecule is CCOC(=O)/C(C#N)=C(/C=C/c1cccs1)c1ccc(OC)c(OC)c1. The normalized spacial score (nSPS) is 11.6. The Kier molecular flexibility index (Phi) is 7.01. The van der Waals surface area contributed by atoms with Crippen LogP contribution in [0.1, 0.15) is 17.4 Å². The molecule has 2 rings (SSSR count). The van der Waals surface area contributed by atoms with Crippen LogP contribution in [-0.2, 0) is 9.53 Å². The van der Waals surface area contributed by atoms with Gasteiger partial charge in [-0.05, 0) is 42.1 Å². The van der Waals surface area contributed by atoms with Gasteiger partial charge in [0.05, 0.1) is 20.8 Å². The molecule has 1 heterocycles. The smallest absolute Gasteiger partial charge is 0.349 e. The van der Waals surface area contributed by atoms with Gasteiger partial charge in [0.25, 0.3) is 0 Å². The van der Waals surface area contributed by atoms with Gasteiger partial charge in [-0.15, -0.1) is 11.3 Å². The van der Waals surface area contributed by atoms with Crippen molar-refractivity contribution in [2.75, 3.05) is 20.8 Å². The number of benzene rings is 1. The second kappa shape index (κ2) is 9.44. The molecule has 6 heteroatoms. The molecule has 1 aromatic heterocycles. The maximum atomic E-state index is 12.2. The number of methoxy groups -OCH3 is 2. The van der Waals surface area contributed by atoms with E-state index in [1.807, 2.05) is 29.7 Å². The molecular weight excluding hydrogens is 350 g/mol. The first kappa shape index (κ1) is 19.3. The summed E-state index contributed by atoms with van der Waals surface area (Å²) in [7, 11) is 3.08. The quantitative estimate of drug-likeness (QED) is 0.315. The van der Waals surface area contributed by atoms with E-state index in [1.54, 1.807) is 49.6 Å². The van der Waals surface area contributed by atoms with Gasteiger partial charge in [0.1, 0.15) is 11.6 Å². The van der Waals surface area contributed by atoms with Crippen molar-refractivity contribution in [2.24, 2.45) is 0 Å². The van der Waals surface area contributed by atoms with Gasteiger partial charge in [0.15, 0.2) is 11.5 Å². The van der Waals surface area contributed by atoms with Crippen molar-refractivity contribution in [3.05, 3.63) is 57.8 Å². The Hall–Kier alpha value is -3.04. The Bertz CT molecular complexity index is 860. The Morgan fingerprint density at radius 1 is 1.23 bits per heavy atom. The van der Waals surface area contributed by atoms with E-state index in [2.05, 4.69) is 0 Å². The molecule has 0 fully saturated rings. The van der Waals surface area contributed by atoms with Gasteiger partial charge in [-0.2, -0.15) is 5.26 Å². The minimum atomic E-state index is -0.657. The van der Waals surface area contributed by atoms with Crippen molar-refractivity contribution in [3.8, 4) is 17.6 Å². The number of carbonyl (C=O) groups is 1. The highest BCUT2D eigenvalue weighted by Gasteiger charge is 2.18. The minimum absolute atomic E-state index is 0.0631. The lowest BCUT2D eigenvalue weighted by Crippen LogP contribution is -2.08. The number of hydrogen-bond donors (Lipinski definition) is 0. The molecule has 0 atom stereocenters. The van der Waals surface area contributed by atoms with Gasteiger partial charge in [-0.25, -0.2) is 4.79 Å². The Morgan fingerprint density at radius 3 is 2.58 bits per heavy atom. The summed E-state index contributed by atoms with van der Waals surface area (Å²) in [5.41, 5.74) is 1.05. The van der Waals surface area contributed by atoms with Crippen LogP contribution >= 0.6 is 11.3 Å². The van der Waals surface area contributed by atoms with E-state index in [1.165, 1.54) is 7.11 Å². The molecule has 0 amide bonds. The zero-order chi connectivity index (χ0) is 18.9. The monoisotopic (exact) mass is 369 g/mol. The molecule has 26 heavy (non-hydrogen) atoms. The molecule has 0 N–H and O–H groups in total. The zero-order valence-corrected chi connectivity index (χ0v) is 15.6. The number of thiophene rings is 1. The van der Waals surface area contributed by atoms with E-state index in [4.69, 9.17) is 14.2 Å². The number of esters is 1. The van der Waals surface area contributed by atoms with Crippen LogP contribution in [0.15, 0.2) is 47.4 Å². The van der Waals surface area contributed by atoms with Crippen LogP contribution < -0.4 is 9.47 Å². The summed E-state index contributed by atoms with van der Waals surface area (Å²) in [6.07, 6.45) is 3.59. The lowest BCUT2D eigenvalue weighted by Gasteiger charge is -2.11. The van der Waals surface area contributed by atoms with E-state index in [0.29, 0.717) is 22.6 Å². The molecule has 0 aliphatic heterocycles. The molecule has 134 valence electrons. The topological polar surface area (TPSA) is 68.6 Å². The van der Waals surface area contributed by atoms with Crippen LogP contribution in [0.2, 0.25) is 0 Å². The summed E-state index contributed by atoms with van der Waals surface area (Å²) in [5.74, 6) is 0.413. The van der Waals surface area contributed by atoms with E-state index >= 15 is 0 Å². The molecule has 0 spiro atoms. The number of nitriles is 1. The van der Waals surface area contributed by atoms with Crippen molar-refractivity contribution in [1.82, 2.24) is 0 Å². The van der Waals surface area contributed by atoms with Gasteiger partial charge in [-0.3, -0.25) is 0 Å². The van der Waals surface area contributed by atoms with Crippen LogP contribution in [0.3, 0.4) is 0 Å². The fourth-order valence-electron chi connectivity index (χ4n) is 2.30. The molecular formula is C20H19NO4S. The molecule has 0 bridgehead atoms. The van der Waals surface area contributed by atoms with Crippen molar-refractivity contribution >= 4 is 29.0 Å². The highest BCUT2D eigenvalue weighted by molar-refractivity contribution is 7.10. The molecule has 1 aromatic carbocycles. The lowest BCUT2D eigenvalue weighted by molar-refractivity contribution is -0.137. The van der Waals surface area contributed by atoms with Gasteiger partial charge >= 0.3 is 5.97 Å². The Morgan fingerprint density at radius 2 is 2.00 bits per heavy atom. The predicted molar refractivity (Wildman–Crippen MR) is 102 cm³/mol. The van der Waals surface area contributed by atoms with Gasteiger partial charge in [0.2, 0.25) is 0 Å². The van der Waals surface area contributed by atoms with Gasteiger partial charge < -0.3 is 14.2 Å². The number of allylic oxidation sites excluding steroid dienone is 2. The molecule has 0 saturated carbocycles. The summed E-state index contributed by atoms with van der Waals surface area (Å²) >= 11 is 1.56. The molecule has 0 aliphatic carbocycles. The number of hydrogen-bond acceptors (Lipinski definition) is 6. The highest BCUT2D eigenvalue weighted by atomic mass is 32.1. The second-order valence-electron chi connectivity index (χ2n) is 5.04. The summed E-state index contributed by atoms with van der Waals surface area (Å²) in [6.45, 7) is 1.89. The summed E-state index contributed by atoms with van der Waals surface area (Å²) in [6, 6.07) is 11.1. The van der Waals surface area contributed by atoms with E-state index in [-0.39, 0.29) is 12.2 Å². The number of carbonyl (C=O) groups excluding carboxylic acids is 1. The number of ether oxygens (including phenoxy) is 3. The molecule has 2 aromatic rings. The van der Waals surface area contributed by atoms with Crippen LogP contribution in [0, 0.1) is 11.3 Å². The standard InChI is InChI=1S/C20H19NO4S/c1-4-25-20(22)17(13-21)16(9-8-15-6-5-11-26-15)14-7-10-18(23-2)19(12-14)24-3/h5-12H,4H2,1-3H3/b9-8+,17-16-. The zero-order valence-electron chi connectivity index (χ0n) is 14.8. The highest BCUT2D eigenvalue weighted by Crippen LogP contribution is 2.32. The minimum Gasteiger partial charge on any atom is -0.493 e. The van der Waals surface area contributed by atoms with Crippen molar-refractivity contribution in [1.29, 1.82) is 5.26 Å². The van der Waals surface area contributed by atoms with Gasteiger partial charge in [-0.1, -0.05) is 18.2 Å². The Labute approximate surface area is 156 Å². The lowest BCUT2D eigenvalue weighted by atomic mass is 9.99. The number of nitrogens with zero attached hydrogens (tertiary/aromatic N) is 1. The van der Waals surface area contributed by atoms with Gasteiger partial charge in [0, 0.05) is 10.5 Å². The van der Waals surface area contributed by atoms with Crippen LogP contribution in [-0.4, -0.2) is 26.8 Å². The average Bonchev–Trinajstić information content (AvgIpc) is 3.18. The second-order valence-corrected chi connectivity index (χ2v) is 6.02. The van der Waals surface area contributed by atoms with Crippen LogP contribution in [0.25, 0.3) is 11.6 Å². The average molecular weight is 369 g/mol. The fraction of sp³-hybridized carbons (Fsp3) is 0.200. The first-order valence-corrected chi connectivity index (χ1v) is 8.78. The van der Waals surface area contributed by atoms with Crippen molar-refractivity contribution in [3.63, 3.8) is 0 Å². The third kappa shape index (κ3) is 4.52. The summed E-state index contributed by atoms with van der Waals surface area (Å²) in [5, 5.41) is 11.5. The number of rotatable bonds is 7. The van der Waals surface area contributed by atoms with Crippen LogP contribution in [0.5, 0.6) is 11.5 Å². The van der Waals surface area contributed by atoms with Crippen molar-refractivity contribution in [2.45, 2.75) is 6.92 Å². The molecule has 5 nitrogen and oxygen atoms in total. The molecule has 0 radical (unpaired) electrons. The first-order valence-electron chi connectivity index (χ1n) is 7.90. The van der Waals surface area contributed by atoms with Crippen molar-refractivity contribution < 1.29 is 19.0 Å².